The molecule has 0 radical (unpaired) electrons. The van der Waals surface area contributed by atoms with Crippen molar-refractivity contribution < 1.29 is 32.8 Å². The summed E-state index contributed by atoms with van der Waals surface area (Å²) in [5.74, 6) is -3.84. The second-order valence-corrected chi connectivity index (χ2v) is 10.2. The van der Waals surface area contributed by atoms with E-state index >= 15 is 0 Å². The van der Waals surface area contributed by atoms with E-state index in [1.54, 1.807) is 39.0 Å². The summed E-state index contributed by atoms with van der Waals surface area (Å²) in [4.78, 5) is 32.3. The minimum atomic E-state index is -3.41. The van der Waals surface area contributed by atoms with Gasteiger partial charge in [0.15, 0.2) is 16.9 Å². The molecule has 0 spiro atoms. The van der Waals surface area contributed by atoms with Gasteiger partial charge >= 0.3 is 12.0 Å². The summed E-state index contributed by atoms with van der Waals surface area (Å²) >= 11 is 0. The summed E-state index contributed by atoms with van der Waals surface area (Å²) in [6.45, 7) is 4.19. The van der Waals surface area contributed by atoms with Crippen LogP contribution in [0.3, 0.4) is 0 Å². The predicted molar refractivity (Wildman–Crippen MR) is 144 cm³/mol. The molecule has 3 N–H and O–H groups in total. The number of hydrogen-bond donors (Lipinski definition) is 3. The van der Waals surface area contributed by atoms with E-state index in [2.05, 4.69) is 25.8 Å². The SMILES string of the molecule is CC(C)(C)OC(=O)Nc1noc2ccc(CNC(=O)Cc3c(C#N)ccc(=NCC(F)(F)c4ccccn4)n3O)cc12. The third kappa shape index (κ3) is 7.25. The first-order chi connectivity index (χ1) is 19.9. The summed E-state index contributed by atoms with van der Waals surface area (Å²) < 4.78 is 40.0. The molecule has 218 valence electrons. The Kier molecular flexibility index (Phi) is 8.51. The predicted octanol–water partition coefficient (Wildman–Crippen LogP) is 4.03. The summed E-state index contributed by atoms with van der Waals surface area (Å²) in [5, 5.41) is 29.6. The lowest BCUT2D eigenvalue weighted by Gasteiger charge is -2.19. The Morgan fingerprint density at radius 2 is 1.98 bits per heavy atom. The number of pyridine rings is 2. The molecule has 12 nitrogen and oxygen atoms in total. The number of carbonyl (C=O) groups is 2. The molecule has 3 aromatic heterocycles. The molecule has 0 saturated carbocycles. The van der Waals surface area contributed by atoms with Crippen molar-refractivity contribution >= 4 is 28.8 Å². The summed E-state index contributed by atoms with van der Waals surface area (Å²) in [6.07, 6.45) is 0.0783. The normalized spacial score (nSPS) is 12.1. The van der Waals surface area contributed by atoms with Crippen LogP contribution < -0.4 is 16.1 Å². The standard InChI is InChI=1S/C28H27F2N7O5/c1-27(2,3)41-26(39)35-25-19-12-17(7-9-21(19)42-36-25)15-33-24(38)13-20-18(14-31)8-10-23(37(20)40)34-16-28(29,30)22-6-4-5-11-32-22/h4-12,40H,13,15-16H2,1-3H3,(H,33,38)(H,35,36,39). The van der Waals surface area contributed by atoms with E-state index in [1.807, 2.05) is 6.07 Å². The van der Waals surface area contributed by atoms with Crippen LogP contribution in [-0.2, 0) is 28.4 Å². The number of alkyl halides is 2. The zero-order chi connectivity index (χ0) is 30.5. The van der Waals surface area contributed by atoms with Gasteiger partial charge in [-0.25, -0.2) is 4.79 Å². The van der Waals surface area contributed by atoms with E-state index in [4.69, 9.17) is 9.26 Å². The zero-order valence-electron chi connectivity index (χ0n) is 22.9. The van der Waals surface area contributed by atoms with Crippen molar-refractivity contribution in [2.24, 2.45) is 4.99 Å². The number of nitrogens with zero attached hydrogens (tertiary/aromatic N) is 5. The Bertz CT molecular complexity index is 1720. The molecule has 0 fully saturated rings. The quantitative estimate of drug-likeness (QED) is 0.263. The van der Waals surface area contributed by atoms with Gasteiger partial charge in [-0.15, -0.1) is 0 Å². The van der Waals surface area contributed by atoms with Crippen LogP contribution in [0.2, 0.25) is 0 Å². The van der Waals surface area contributed by atoms with Gasteiger partial charge in [0.05, 0.1) is 23.1 Å². The maximum absolute atomic E-state index is 14.5. The van der Waals surface area contributed by atoms with Gasteiger partial charge < -0.3 is 19.8 Å². The average Bonchev–Trinajstić information content (AvgIpc) is 3.33. The van der Waals surface area contributed by atoms with Crippen LogP contribution in [0.5, 0.6) is 0 Å². The van der Waals surface area contributed by atoms with Crippen LogP contribution in [0.15, 0.2) is 64.2 Å². The van der Waals surface area contributed by atoms with Gasteiger partial charge in [-0.05, 0) is 62.7 Å². The summed E-state index contributed by atoms with van der Waals surface area (Å²) in [6, 6.07) is 13.4. The molecule has 2 amide bonds. The van der Waals surface area contributed by atoms with Crippen LogP contribution in [0.25, 0.3) is 11.0 Å². The minimum absolute atomic E-state index is 0.0353. The molecule has 4 rings (SSSR count). The van der Waals surface area contributed by atoms with Gasteiger partial charge in [0.1, 0.15) is 23.9 Å². The molecule has 0 atom stereocenters. The molecule has 0 unspecified atom stereocenters. The number of anilines is 1. The molecule has 14 heteroatoms. The van der Waals surface area contributed by atoms with Crippen LogP contribution in [-0.4, -0.2) is 44.2 Å². The van der Waals surface area contributed by atoms with Gasteiger partial charge in [0.2, 0.25) is 5.91 Å². The van der Waals surface area contributed by atoms with Crippen molar-refractivity contribution in [3.8, 4) is 6.07 Å². The van der Waals surface area contributed by atoms with E-state index in [-0.39, 0.29) is 29.1 Å². The molecular formula is C28H27F2N7O5. The molecular weight excluding hydrogens is 552 g/mol. The topological polar surface area (TPSA) is 168 Å². The summed E-state index contributed by atoms with van der Waals surface area (Å²) in [7, 11) is 0. The smallest absolute Gasteiger partial charge is 0.413 e. The third-order valence-corrected chi connectivity index (χ3v) is 5.75. The highest BCUT2D eigenvalue weighted by molar-refractivity contribution is 5.96. The highest BCUT2D eigenvalue weighted by Crippen LogP contribution is 2.26. The van der Waals surface area contributed by atoms with Gasteiger partial charge in [-0.3, -0.25) is 20.1 Å². The van der Waals surface area contributed by atoms with Crippen molar-refractivity contribution in [1.29, 1.82) is 5.26 Å². The Balaban J connectivity index is 1.46. The maximum Gasteiger partial charge on any atom is 0.413 e. The van der Waals surface area contributed by atoms with Crippen molar-refractivity contribution in [2.45, 2.75) is 45.3 Å². The van der Waals surface area contributed by atoms with Crippen molar-refractivity contribution in [3.05, 3.63) is 82.7 Å². The van der Waals surface area contributed by atoms with Crippen molar-refractivity contribution in [2.75, 3.05) is 11.9 Å². The lowest BCUT2D eigenvalue weighted by molar-refractivity contribution is -0.120. The number of aromatic nitrogens is 3. The number of amides is 2. The Hall–Kier alpha value is -5.32. The molecule has 4 aromatic rings. The van der Waals surface area contributed by atoms with E-state index in [1.165, 1.54) is 30.5 Å². The van der Waals surface area contributed by atoms with Gasteiger partial charge in [-0.1, -0.05) is 17.3 Å². The summed E-state index contributed by atoms with van der Waals surface area (Å²) in [5.41, 5.74) is -0.605. The number of nitriles is 1. The van der Waals surface area contributed by atoms with Crippen LogP contribution in [0.1, 0.15) is 43.3 Å². The number of benzene rings is 1. The second kappa shape index (κ2) is 12.0. The van der Waals surface area contributed by atoms with Crippen LogP contribution in [0, 0.1) is 11.3 Å². The molecule has 0 aliphatic heterocycles. The van der Waals surface area contributed by atoms with E-state index in [0.29, 0.717) is 21.3 Å². The fourth-order valence-electron chi connectivity index (χ4n) is 3.81. The molecule has 0 aliphatic carbocycles. The number of rotatable bonds is 8. The van der Waals surface area contributed by atoms with Crippen LogP contribution >= 0.6 is 0 Å². The average molecular weight is 580 g/mol. The molecule has 0 bridgehead atoms. The maximum atomic E-state index is 14.5. The first-order valence-electron chi connectivity index (χ1n) is 12.7. The minimum Gasteiger partial charge on any atom is -0.444 e. The first kappa shape index (κ1) is 29.7. The lowest BCUT2D eigenvalue weighted by atomic mass is 10.1. The lowest BCUT2D eigenvalue weighted by Crippen LogP contribution is -2.31. The molecule has 0 saturated heterocycles. The number of halogens is 2. The van der Waals surface area contributed by atoms with Gasteiger partial charge in [0.25, 0.3) is 0 Å². The number of fused-ring (bicyclic) bond motifs is 1. The Morgan fingerprint density at radius 3 is 2.67 bits per heavy atom. The third-order valence-electron chi connectivity index (χ3n) is 5.75. The Labute approximate surface area is 238 Å². The van der Waals surface area contributed by atoms with Crippen molar-refractivity contribution in [1.82, 2.24) is 20.2 Å². The molecule has 3 heterocycles. The fourth-order valence-corrected chi connectivity index (χ4v) is 3.81. The Morgan fingerprint density at radius 1 is 1.19 bits per heavy atom. The van der Waals surface area contributed by atoms with E-state index in [0.717, 1.165) is 6.07 Å². The molecule has 42 heavy (non-hydrogen) atoms. The second-order valence-electron chi connectivity index (χ2n) is 10.2. The molecule has 0 aliphatic rings. The number of carbonyl (C=O) groups excluding carboxylic acids is 2. The highest BCUT2D eigenvalue weighted by Gasteiger charge is 2.32. The number of ether oxygens (including phenoxy) is 1. The van der Waals surface area contributed by atoms with Gasteiger partial charge in [0, 0.05) is 12.7 Å². The number of hydrogen-bond acceptors (Lipinski definition) is 9. The largest absolute Gasteiger partial charge is 0.444 e. The number of nitrogens with one attached hydrogen (secondary N) is 2. The van der Waals surface area contributed by atoms with E-state index in [9.17, 15) is 28.8 Å². The first-order valence-corrected chi connectivity index (χ1v) is 12.7. The van der Waals surface area contributed by atoms with E-state index < -0.39 is 42.2 Å². The van der Waals surface area contributed by atoms with Gasteiger partial charge in [-0.2, -0.15) is 18.8 Å². The molecule has 1 aromatic carbocycles. The van der Waals surface area contributed by atoms with Crippen molar-refractivity contribution in [3.63, 3.8) is 0 Å². The fraction of sp³-hybridized carbons (Fsp3) is 0.286. The zero-order valence-corrected chi connectivity index (χ0v) is 22.9. The monoisotopic (exact) mass is 579 g/mol. The van der Waals surface area contributed by atoms with Crippen LogP contribution in [0.4, 0.5) is 19.4 Å². The highest BCUT2D eigenvalue weighted by atomic mass is 19.3.